The largest absolute Gasteiger partial charge is 0.507 e. The molecule has 0 radical (unpaired) electrons. The molecule has 2 aromatic rings. The van der Waals surface area contributed by atoms with Crippen LogP contribution in [0.1, 0.15) is 50.7 Å². The Morgan fingerprint density at radius 1 is 1.04 bits per heavy atom. The van der Waals surface area contributed by atoms with Crippen molar-refractivity contribution in [2.24, 2.45) is 0 Å². The van der Waals surface area contributed by atoms with Gasteiger partial charge in [0.25, 0.3) is 5.69 Å². The van der Waals surface area contributed by atoms with Crippen LogP contribution in [0.5, 0.6) is 11.5 Å². The van der Waals surface area contributed by atoms with Gasteiger partial charge >= 0.3 is 0 Å². The van der Waals surface area contributed by atoms with E-state index in [4.69, 9.17) is 4.74 Å². The Hall–Kier alpha value is -2.56. The van der Waals surface area contributed by atoms with Crippen LogP contribution in [0.4, 0.5) is 5.69 Å². The van der Waals surface area contributed by atoms with Crippen molar-refractivity contribution in [3.63, 3.8) is 0 Å². The zero-order valence-electron chi connectivity index (χ0n) is 14.7. The SMILES string of the molecule is COc1cc([N+](=O)[O-])ccc1-c1cc(C(C)C)c(O)c(C(C)C)c1. The second-order valence-corrected chi connectivity index (χ2v) is 6.45. The van der Waals surface area contributed by atoms with Gasteiger partial charge in [-0.1, -0.05) is 27.7 Å². The highest BCUT2D eigenvalue weighted by atomic mass is 16.6. The van der Waals surface area contributed by atoms with E-state index in [0.717, 1.165) is 22.3 Å². The summed E-state index contributed by atoms with van der Waals surface area (Å²) in [6.07, 6.45) is 0. The topological polar surface area (TPSA) is 72.6 Å². The van der Waals surface area contributed by atoms with Gasteiger partial charge in [0.2, 0.25) is 0 Å². The van der Waals surface area contributed by atoms with Gasteiger partial charge in [-0.2, -0.15) is 0 Å². The van der Waals surface area contributed by atoms with Gasteiger partial charge in [0.05, 0.1) is 18.1 Å². The summed E-state index contributed by atoms with van der Waals surface area (Å²) < 4.78 is 5.35. The van der Waals surface area contributed by atoms with Gasteiger partial charge < -0.3 is 9.84 Å². The summed E-state index contributed by atoms with van der Waals surface area (Å²) in [7, 11) is 1.50. The molecule has 0 spiro atoms. The first-order chi connectivity index (χ1) is 11.3. The van der Waals surface area contributed by atoms with Crippen LogP contribution < -0.4 is 4.74 Å². The molecular formula is C19H23NO4. The summed E-state index contributed by atoms with van der Waals surface area (Å²) in [5.74, 6) is 1.09. The number of ether oxygens (including phenoxy) is 1. The van der Waals surface area contributed by atoms with Crippen molar-refractivity contribution >= 4 is 5.69 Å². The lowest BCUT2D eigenvalue weighted by atomic mass is 9.89. The van der Waals surface area contributed by atoms with Gasteiger partial charge in [0, 0.05) is 11.6 Å². The van der Waals surface area contributed by atoms with Gasteiger partial charge in [-0.15, -0.1) is 0 Å². The number of rotatable bonds is 5. The quantitative estimate of drug-likeness (QED) is 0.602. The predicted molar refractivity (Wildman–Crippen MR) is 94.9 cm³/mol. The monoisotopic (exact) mass is 329 g/mol. The van der Waals surface area contributed by atoms with E-state index in [1.807, 2.05) is 39.8 Å². The van der Waals surface area contributed by atoms with E-state index < -0.39 is 4.92 Å². The van der Waals surface area contributed by atoms with Crippen LogP contribution in [0.3, 0.4) is 0 Å². The van der Waals surface area contributed by atoms with Gasteiger partial charge in [-0.3, -0.25) is 10.1 Å². The standard InChI is InChI=1S/C19H23NO4/c1-11(2)16-8-13(9-17(12(3)4)19(16)21)15-7-6-14(20(22)23)10-18(15)24-5/h6-12,21H,1-5H3. The molecule has 0 fully saturated rings. The Morgan fingerprint density at radius 3 is 2.00 bits per heavy atom. The van der Waals surface area contributed by atoms with Gasteiger partial charge in [-0.05, 0) is 46.7 Å². The number of phenols is 1. The number of methoxy groups -OCH3 is 1. The number of hydrogen-bond acceptors (Lipinski definition) is 4. The molecule has 24 heavy (non-hydrogen) atoms. The zero-order valence-corrected chi connectivity index (χ0v) is 14.7. The Bertz CT molecular complexity index is 737. The van der Waals surface area contributed by atoms with Crippen LogP contribution in [0.15, 0.2) is 30.3 Å². The van der Waals surface area contributed by atoms with E-state index in [1.165, 1.54) is 19.2 Å². The minimum absolute atomic E-state index is 0.0115. The fraction of sp³-hybridized carbons (Fsp3) is 0.368. The molecule has 0 saturated heterocycles. The van der Waals surface area contributed by atoms with E-state index >= 15 is 0 Å². The molecule has 0 saturated carbocycles. The molecule has 2 aromatic carbocycles. The number of nitro groups is 1. The smallest absolute Gasteiger partial charge is 0.273 e. The van der Waals surface area contributed by atoms with Crippen LogP contribution in [0, 0.1) is 10.1 Å². The van der Waals surface area contributed by atoms with E-state index in [1.54, 1.807) is 6.07 Å². The fourth-order valence-electron chi connectivity index (χ4n) is 2.75. The molecule has 0 amide bonds. The van der Waals surface area contributed by atoms with Crippen molar-refractivity contribution in [1.29, 1.82) is 0 Å². The minimum atomic E-state index is -0.442. The molecule has 128 valence electrons. The first kappa shape index (κ1) is 17.8. The Labute approximate surface area is 142 Å². The molecule has 2 rings (SSSR count). The first-order valence-electron chi connectivity index (χ1n) is 7.95. The molecule has 0 heterocycles. The number of nitrogens with zero attached hydrogens (tertiary/aromatic N) is 1. The summed E-state index contributed by atoms with van der Waals surface area (Å²) in [4.78, 5) is 10.5. The van der Waals surface area contributed by atoms with E-state index in [0.29, 0.717) is 11.5 Å². The number of non-ortho nitro benzene ring substituents is 1. The maximum atomic E-state index is 11.0. The second kappa shape index (κ2) is 6.91. The number of benzene rings is 2. The first-order valence-corrected chi connectivity index (χ1v) is 7.95. The molecule has 0 aliphatic rings. The van der Waals surface area contributed by atoms with Crippen LogP contribution in [0.2, 0.25) is 0 Å². The van der Waals surface area contributed by atoms with Crippen LogP contribution in [0.25, 0.3) is 11.1 Å². The third-order valence-corrected chi connectivity index (χ3v) is 4.12. The van der Waals surface area contributed by atoms with Crippen molar-refractivity contribution in [3.05, 3.63) is 51.6 Å². The molecule has 0 unspecified atom stereocenters. The van der Waals surface area contributed by atoms with E-state index in [2.05, 4.69) is 0 Å². The molecule has 5 heteroatoms. The summed E-state index contributed by atoms with van der Waals surface area (Å²) in [5.41, 5.74) is 3.36. The van der Waals surface area contributed by atoms with Crippen LogP contribution in [-0.2, 0) is 0 Å². The summed E-state index contributed by atoms with van der Waals surface area (Å²) in [6.45, 7) is 8.10. The van der Waals surface area contributed by atoms with E-state index in [9.17, 15) is 15.2 Å². The summed E-state index contributed by atoms with van der Waals surface area (Å²) in [5, 5.41) is 21.5. The lowest BCUT2D eigenvalue weighted by molar-refractivity contribution is -0.384. The number of hydrogen-bond donors (Lipinski definition) is 1. The van der Waals surface area contributed by atoms with Crippen molar-refractivity contribution < 1.29 is 14.8 Å². The Balaban J connectivity index is 2.70. The number of aromatic hydroxyl groups is 1. The van der Waals surface area contributed by atoms with E-state index in [-0.39, 0.29) is 17.5 Å². The van der Waals surface area contributed by atoms with Crippen molar-refractivity contribution in [3.8, 4) is 22.6 Å². The van der Waals surface area contributed by atoms with Crippen LogP contribution in [-0.4, -0.2) is 17.1 Å². The lowest BCUT2D eigenvalue weighted by Gasteiger charge is -2.18. The lowest BCUT2D eigenvalue weighted by Crippen LogP contribution is -1.98. The van der Waals surface area contributed by atoms with Crippen molar-refractivity contribution in [2.75, 3.05) is 7.11 Å². The molecule has 0 aromatic heterocycles. The van der Waals surface area contributed by atoms with Gasteiger partial charge in [0.15, 0.2) is 0 Å². The number of phenolic OH excluding ortho intramolecular Hbond substituents is 1. The molecular weight excluding hydrogens is 306 g/mol. The maximum Gasteiger partial charge on any atom is 0.273 e. The highest BCUT2D eigenvalue weighted by Gasteiger charge is 2.19. The zero-order chi connectivity index (χ0) is 18.0. The summed E-state index contributed by atoms with van der Waals surface area (Å²) >= 11 is 0. The Morgan fingerprint density at radius 2 is 1.58 bits per heavy atom. The van der Waals surface area contributed by atoms with Crippen molar-refractivity contribution in [1.82, 2.24) is 0 Å². The third kappa shape index (κ3) is 3.35. The van der Waals surface area contributed by atoms with Gasteiger partial charge in [0.1, 0.15) is 11.5 Å². The second-order valence-electron chi connectivity index (χ2n) is 6.45. The molecule has 1 N–H and O–H groups in total. The third-order valence-electron chi connectivity index (χ3n) is 4.12. The van der Waals surface area contributed by atoms with Crippen LogP contribution >= 0.6 is 0 Å². The fourth-order valence-corrected chi connectivity index (χ4v) is 2.75. The average Bonchev–Trinajstić information content (AvgIpc) is 2.53. The molecule has 0 aliphatic heterocycles. The molecule has 0 atom stereocenters. The van der Waals surface area contributed by atoms with Crippen molar-refractivity contribution in [2.45, 2.75) is 39.5 Å². The highest BCUT2D eigenvalue weighted by molar-refractivity contribution is 5.75. The average molecular weight is 329 g/mol. The normalized spacial score (nSPS) is 11.1. The Kier molecular flexibility index (Phi) is 5.12. The number of nitro benzene ring substituents is 1. The van der Waals surface area contributed by atoms with Gasteiger partial charge in [-0.25, -0.2) is 0 Å². The maximum absolute atomic E-state index is 11.0. The molecule has 0 aliphatic carbocycles. The molecule has 0 bridgehead atoms. The minimum Gasteiger partial charge on any atom is -0.507 e. The summed E-state index contributed by atoms with van der Waals surface area (Å²) in [6, 6.07) is 8.43. The highest BCUT2D eigenvalue weighted by Crippen LogP contribution is 2.40. The molecule has 5 nitrogen and oxygen atoms in total. The predicted octanol–water partition coefficient (Wildman–Crippen LogP) is 5.22.